The van der Waals surface area contributed by atoms with Crippen LogP contribution in [0.2, 0.25) is 0 Å². The molecule has 2 unspecified atom stereocenters. The van der Waals surface area contributed by atoms with Gasteiger partial charge in [-0.3, -0.25) is 0 Å². The number of hydrogen-bond acceptors (Lipinski definition) is 3. The molecule has 0 aromatic carbocycles. The number of nitrogen functional groups attached to an aromatic ring is 1. The zero-order valence-corrected chi connectivity index (χ0v) is 7.83. The van der Waals surface area contributed by atoms with Crippen molar-refractivity contribution in [2.75, 3.05) is 11.1 Å². The van der Waals surface area contributed by atoms with Gasteiger partial charge in [0.2, 0.25) is 0 Å². The highest BCUT2D eigenvalue weighted by Crippen LogP contribution is 2.35. The molecule has 13 heavy (non-hydrogen) atoms. The van der Waals surface area contributed by atoms with Crippen molar-refractivity contribution in [1.82, 2.24) is 4.98 Å². The summed E-state index contributed by atoms with van der Waals surface area (Å²) in [5.41, 5.74) is 6.66. The number of nitrogens with zero attached hydrogens (tertiary/aromatic N) is 1. The molecule has 3 nitrogen and oxygen atoms in total. The lowest BCUT2D eigenvalue weighted by molar-refractivity contribution is 0.775. The molecule has 0 amide bonds. The van der Waals surface area contributed by atoms with Gasteiger partial charge < -0.3 is 11.1 Å². The molecule has 0 spiro atoms. The van der Waals surface area contributed by atoms with Gasteiger partial charge in [-0.25, -0.2) is 4.98 Å². The van der Waals surface area contributed by atoms with E-state index in [2.05, 4.69) is 17.2 Å². The first kappa shape index (κ1) is 8.35. The van der Waals surface area contributed by atoms with Crippen molar-refractivity contribution in [2.24, 2.45) is 5.92 Å². The monoisotopic (exact) mass is 177 g/mol. The fraction of sp³-hybridized carbons (Fsp3) is 0.500. The number of aromatic nitrogens is 1. The Bertz CT molecular complexity index is 298. The normalized spacial score (nSPS) is 25.6. The van der Waals surface area contributed by atoms with Crippen molar-refractivity contribution in [3.05, 3.63) is 18.3 Å². The Hall–Kier alpha value is -1.25. The van der Waals surface area contributed by atoms with E-state index in [4.69, 9.17) is 5.73 Å². The fourth-order valence-electron chi connectivity index (χ4n) is 1.63. The summed E-state index contributed by atoms with van der Waals surface area (Å²) in [5, 5.41) is 3.44. The molecule has 1 aliphatic carbocycles. The first-order valence-corrected chi connectivity index (χ1v) is 4.77. The lowest BCUT2D eigenvalue weighted by Crippen LogP contribution is -2.04. The van der Waals surface area contributed by atoms with Crippen LogP contribution in [0.5, 0.6) is 0 Å². The van der Waals surface area contributed by atoms with Crippen molar-refractivity contribution in [2.45, 2.75) is 25.8 Å². The van der Waals surface area contributed by atoms with Gasteiger partial charge in [0, 0.05) is 24.0 Å². The Morgan fingerprint density at radius 2 is 2.54 bits per heavy atom. The lowest BCUT2D eigenvalue weighted by Gasteiger charge is -2.04. The van der Waals surface area contributed by atoms with Crippen molar-refractivity contribution in [3.63, 3.8) is 0 Å². The summed E-state index contributed by atoms with van der Waals surface area (Å²) >= 11 is 0. The van der Waals surface area contributed by atoms with Gasteiger partial charge in [0.25, 0.3) is 0 Å². The molecule has 1 fully saturated rings. The van der Waals surface area contributed by atoms with Gasteiger partial charge in [-0.15, -0.1) is 0 Å². The zero-order chi connectivity index (χ0) is 9.26. The summed E-state index contributed by atoms with van der Waals surface area (Å²) < 4.78 is 0. The summed E-state index contributed by atoms with van der Waals surface area (Å²) in [6.07, 6.45) is 4.29. The van der Waals surface area contributed by atoms with Crippen LogP contribution in [-0.4, -0.2) is 11.0 Å². The molecule has 2 atom stereocenters. The molecule has 2 rings (SSSR count). The maximum absolute atomic E-state index is 5.57. The smallest absolute Gasteiger partial charge is 0.125 e. The number of pyridine rings is 1. The van der Waals surface area contributed by atoms with Crippen LogP contribution in [0.4, 0.5) is 11.5 Å². The Labute approximate surface area is 78.4 Å². The summed E-state index contributed by atoms with van der Waals surface area (Å²) in [7, 11) is 0. The maximum Gasteiger partial charge on any atom is 0.125 e. The highest BCUT2D eigenvalue weighted by atomic mass is 15.0. The minimum absolute atomic E-state index is 0.582. The predicted octanol–water partition coefficient (Wildman–Crippen LogP) is 1.87. The molecule has 1 aromatic heterocycles. The number of hydrogen-bond donors (Lipinski definition) is 2. The second-order valence-electron chi connectivity index (χ2n) is 3.62. The van der Waals surface area contributed by atoms with Crippen LogP contribution in [0, 0.1) is 5.92 Å². The van der Waals surface area contributed by atoms with E-state index in [1.54, 1.807) is 6.20 Å². The van der Waals surface area contributed by atoms with Crippen LogP contribution in [0.25, 0.3) is 0 Å². The van der Waals surface area contributed by atoms with Crippen molar-refractivity contribution in [1.29, 1.82) is 0 Å². The van der Waals surface area contributed by atoms with E-state index in [1.165, 1.54) is 12.8 Å². The van der Waals surface area contributed by atoms with E-state index in [0.29, 0.717) is 11.9 Å². The Kier molecular flexibility index (Phi) is 2.08. The molecule has 3 heteroatoms. The van der Waals surface area contributed by atoms with Crippen LogP contribution < -0.4 is 11.1 Å². The molecule has 0 saturated heterocycles. The topological polar surface area (TPSA) is 50.9 Å². The van der Waals surface area contributed by atoms with Crippen LogP contribution in [0.3, 0.4) is 0 Å². The van der Waals surface area contributed by atoms with Gasteiger partial charge in [0.15, 0.2) is 0 Å². The molecular weight excluding hydrogens is 162 g/mol. The first-order valence-electron chi connectivity index (χ1n) is 4.77. The van der Waals surface area contributed by atoms with Gasteiger partial charge >= 0.3 is 0 Å². The predicted molar refractivity (Wildman–Crippen MR) is 54.5 cm³/mol. The number of nitrogens with two attached hydrogens (primary N) is 1. The molecule has 1 aromatic rings. The number of anilines is 2. The van der Waals surface area contributed by atoms with Gasteiger partial charge in [0.05, 0.1) is 0 Å². The van der Waals surface area contributed by atoms with Gasteiger partial charge in [0.1, 0.15) is 5.82 Å². The van der Waals surface area contributed by atoms with E-state index >= 15 is 0 Å². The minimum atomic E-state index is 0.582. The third-order valence-corrected chi connectivity index (χ3v) is 2.58. The Morgan fingerprint density at radius 3 is 3.15 bits per heavy atom. The fourth-order valence-corrected chi connectivity index (χ4v) is 1.63. The van der Waals surface area contributed by atoms with Gasteiger partial charge in [-0.05, 0) is 18.4 Å². The first-order chi connectivity index (χ1) is 6.29. The SMILES string of the molecule is CCC1CC1Nc1ccnc(N)c1. The Balaban J connectivity index is 1.95. The second-order valence-corrected chi connectivity index (χ2v) is 3.62. The lowest BCUT2D eigenvalue weighted by atomic mass is 10.3. The van der Waals surface area contributed by atoms with Crippen molar-refractivity contribution in [3.8, 4) is 0 Å². The molecule has 70 valence electrons. The van der Waals surface area contributed by atoms with E-state index in [0.717, 1.165) is 11.6 Å². The zero-order valence-electron chi connectivity index (χ0n) is 7.83. The molecule has 0 aliphatic heterocycles. The third kappa shape index (κ3) is 1.91. The summed E-state index contributed by atoms with van der Waals surface area (Å²) in [4.78, 5) is 3.94. The molecule has 3 N–H and O–H groups in total. The average molecular weight is 177 g/mol. The summed E-state index contributed by atoms with van der Waals surface area (Å²) in [5.74, 6) is 1.44. The maximum atomic E-state index is 5.57. The molecule has 1 aliphatic rings. The molecule has 1 saturated carbocycles. The van der Waals surface area contributed by atoms with Crippen LogP contribution in [0.15, 0.2) is 18.3 Å². The largest absolute Gasteiger partial charge is 0.384 e. The summed E-state index contributed by atoms with van der Waals surface area (Å²) in [6, 6.07) is 4.50. The molecule has 1 heterocycles. The van der Waals surface area contributed by atoms with E-state index in [9.17, 15) is 0 Å². The van der Waals surface area contributed by atoms with Crippen LogP contribution >= 0.6 is 0 Å². The standard InChI is InChI=1S/C10H15N3/c1-2-7-5-9(7)13-8-3-4-12-10(11)6-8/h3-4,6-7,9H,2,5H2,1H3,(H3,11,12,13). The highest BCUT2D eigenvalue weighted by molar-refractivity contribution is 5.51. The molecule has 0 bridgehead atoms. The minimum Gasteiger partial charge on any atom is -0.384 e. The molecular formula is C10H15N3. The number of rotatable bonds is 3. The summed E-state index contributed by atoms with van der Waals surface area (Å²) in [6.45, 7) is 2.23. The van der Waals surface area contributed by atoms with E-state index in [-0.39, 0.29) is 0 Å². The highest BCUT2D eigenvalue weighted by Gasteiger charge is 2.34. The molecule has 0 radical (unpaired) electrons. The second kappa shape index (κ2) is 3.24. The van der Waals surface area contributed by atoms with Gasteiger partial charge in [-0.2, -0.15) is 0 Å². The third-order valence-electron chi connectivity index (χ3n) is 2.58. The van der Waals surface area contributed by atoms with Crippen LogP contribution in [0.1, 0.15) is 19.8 Å². The quantitative estimate of drug-likeness (QED) is 0.741. The van der Waals surface area contributed by atoms with E-state index in [1.807, 2.05) is 12.1 Å². The van der Waals surface area contributed by atoms with Gasteiger partial charge in [-0.1, -0.05) is 13.3 Å². The van der Waals surface area contributed by atoms with E-state index < -0.39 is 0 Å². The van der Waals surface area contributed by atoms with Crippen molar-refractivity contribution >= 4 is 11.5 Å². The van der Waals surface area contributed by atoms with Crippen molar-refractivity contribution < 1.29 is 0 Å². The number of nitrogens with one attached hydrogen (secondary N) is 1. The van der Waals surface area contributed by atoms with Crippen LogP contribution in [-0.2, 0) is 0 Å². The average Bonchev–Trinajstić information content (AvgIpc) is 2.83. The Morgan fingerprint density at radius 1 is 1.69 bits per heavy atom.